The Bertz CT molecular complexity index is 1010. The lowest BCUT2D eigenvalue weighted by atomic mass is 10.1. The second-order valence-electron chi connectivity index (χ2n) is 6.50. The van der Waals surface area contributed by atoms with Gasteiger partial charge in [-0.3, -0.25) is 4.79 Å². The van der Waals surface area contributed by atoms with Crippen LogP contribution in [0.15, 0.2) is 101 Å². The molecule has 0 aliphatic carbocycles. The van der Waals surface area contributed by atoms with Crippen LogP contribution >= 0.6 is 11.8 Å². The van der Waals surface area contributed by atoms with E-state index in [1.807, 2.05) is 60.7 Å². The molecular formula is C23H23NO3S2. The number of carbonyl (C=O) groups excluding carboxylic acids is 1. The van der Waals surface area contributed by atoms with Gasteiger partial charge >= 0.3 is 0 Å². The lowest BCUT2D eigenvalue weighted by Gasteiger charge is -2.17. The Labute approximate surface area is 176 Å². The molecule has 6 heteroatoms. The van der Waals surface area contributed by atoms with Crippen molar-refractivity contribution < 1.29 is 13.2 Å². The third kappa shape index (κ3) is 6.21. The van der Waals surface area contributed by atoms with E-state index in [9.17, 15) is 13.2 Å². The van der Waals surface area contributed by atoms with Crippen molar-refractivity contribution >= 4 is 27.5 Å². The first-order valence-corrected chi connectivity index (χ1v) is 11.9. The molecule has 4 nitrogen and oxygen atoms in total. The van der Waals surface area contributed by atoms with Crippen molar-refractivity contribution in [1.82, 2.24) is 5.32 Å². The summed E-state index contributed by atoms with van der Waals surface area (Å²) in [5.41, 5.74) is 0.913. The van der Waals surface area contributed by atoms with Gasteiger partial charge in [-0.15, -0.1) is 11.8 Å². The second-order valence-corrected chi connectivity index (χ2v) is 9.79. The first-order chi connectivity index (χ1) is 14.1. The van der Waals surface area contributed by atoms with E-state index in [0.29, 0.717) is 17.9 Å². The molecule has 1 atom stereocenters. The molecule has 0 fully saturated rings. The normalized spacial score (nSPS) is 12.3. The fourth-order valence-electron chi connectivity index (χ4n) is 2.85. The molecule has 0 spiro atoms. The number of rotatable bonds is 9. The van der Waals surface area contributed by atoms with Crippen molar-refractivity contribution in [2.75, 3.05) is 12.3 Å². The number of sulfone groups is 1. The van der Waals surface area contributed by atoms with Crippen LogP contribution in [0.2, 0.25) is 0 Å². The Kier molecular flexibility index (Phi) is 7.49. The number of benzene rings is 3. The maximum Gasteiger partial charge on any atom is 0.237 e. The maximum atomic E-state index is 12.9. The lowest BCUT2D eigenvalue weighted by Crippen LogP contribution is -2.29. The van der Waals surface area contributed by atoms with E-state index in [-0.39, 0.29) is 11.7 Å². The van der Waals surface area contributed by atoms with Gasteiger partial charge in [0.2, 0.25) is 5.91 Å². The van der Waals surface area contributed by atoms with Crippen molar-refractivity contribution in [2.24, 2.45) is 0 Å². The minimum atomic E-state index is -3.34. The summed E-state index contributed by atoms with van der Waals surface area (Å²) >= 11 is 1.48. The molecule has 1 amide bonds. The van der Waals surface area contributed by atoms with E-state index in [4.69, 9.17) is 0 Å². The first kappa shape index (κ1) is 21.1. The Balaban J connectivity index is 1.60. The molecule has 0 heterocycles. The largest absolute Gasteiger partial charge is 0.355 e. The quantitative estimate of drug-likeness (QED) is 0.405. The zero-order chi connectivity index (χ0) is 20.5. The number of hydrogen-bond acceptors (Lipinski definition) is 4. The number of carbonyl (C=O) groups is 1. The molecule has 3 aromatic rings. The highest BCUT2D eigenvalue weighted by Gasteiger charge is 2.22. The first-order valence-electron chi connectivity index (χ1n) is 9.38. The lowest BCUT2D eigenvalue weighted by molar-refractivity contribution is -0.120. The van der Waals surface area contributed by atoms with E-state index in [1.165, 1.54) is 11.8 Å². The zero-order valence-corrected chi connectivity index (χ0v) is 17.5. The summed E-state index contributed by atoms with van der Waals surface area (Å²) in [5, 5.41) is 2.50. The minimum Gasteiger partial charge on any atom is -0.355 e. The van der Waals surface area contributed by atoms with Crippen LogP contribution in [0.1, 0.15) is 17.2 Å². The molecule has 0 saturated heterocycles. The summed E-state index contributed by atoms with van der Waals surface area (Å²) in [6.07, 6.45) is 0.362. The zero-order valence-electron chi connectivity index (χ0n) is 15.9. The topological polar surface area (TPSA) is 63.2 Å². The Morgan fingerprint density at radius 1 is 0.828 bits per heavy atom. The van der Waals surface area contributed by atoms with Gasteiger partial charge in [-0.25, -0.2) is 8.42 Å². The smallest absolute Gasteiger partial charge is 0.237 e. The Morgan fingerprint density at radius 3 is 2.00 bits per heavy atom. The molecule has 3 rings (SSSR count). The average molecular weight is 426 g/mol. The van der Waals surface area contributed by atoms with Crippen LogP contribution in [0.4, 0.5) is 0 Å². The molecule has 150 valence electrons. The van der Waals surface area contributed by atoms with Crippen LogP contribution in [-0.4, -0.2) is 26.6 Å². The summed E-state index contributed by atoms with van der Waals surface area (Å²) in [4.78, 5) is 14.2. The Morgan fingerprint density at radius 2 is 1.38 bits per heavy atom. The van der Waals surface area contributed by atoms with Gasteiger partial charge in [-0.2, -0.15) is 0 Å². The van der Waals surface area contributed by atoms with Gasteiger partial charge in [0.05, 0.1) is 10.6 Å². The third-order valence-electron chi connectivity index (χ3n) is 4.33. The molecule has 3 aromatic carbocycles. The molecule has 1 N–H and O–H groups in total. The second kappa shape index (κ2) is 10.3. The van der Waals surface area contributed by atoms with Gasteiger partial charge < -0.3 is 5.32 Å². The monoisotopic (exact) mass is 425 g/mol. The number of amides is 1. The maximum absolute atomic E-state index is 12.9. The average Bonchev–Trinajstić information content (AvgIpc) is 2.77. The fourth-order valence-corrected chi connectivity index (χ4v) is 5.25. The van der Waals surface area contributed by atoms with Gasteiger partial charge in [0.15, 0.2) is 9.84 Å². The summed E-state index contributed by atoms with van der Waals surface area (Å²) in [5.74, 6) is -0.124. The number of thioether (sulfide) groups is 1. The van der Waals surface area contributed by atoms with Crippen molar-refractivity contribution in [1.29, 1.82) is 0 Å². The van der Waals surface area contributed by atoms with Crippen LogP contribution in [-0.2, 0) is 14.6 Å². The minimum absolute atomic E-state index is 0.000868. The van der Waals surface area contributed by atoms with Crippen molar-refractivity contribution in [3.05, 3.63) is 96.6 Å². The van der Waals surface area contributed by atoms with Crippen molar-refractivity contribution in [3.63, 3.8) is 0 Å². The van der Waals surface area contributed by atoms with Crippen LogP contribution in [0.3, 0.4) is 0 Å². The van der Waals surface area contributed by atoms with E-state index in [0.717, 1.165) is 10.5 Å². The van der Waals surface area contributed by atoms with Gasteiger partial charge in [0.25, 0.3) is 0 Å². The van der Waals surface area contributed by atoms with E-state index < -0.39 is 15.1 Å². The number of nitrogens with one attached hydrogen (secondary N) is 1. The van der Waals surface area contributed by atoms with Crippen LogP contribution in [0.5, 0.6) is 0 Å². The molecule has 0 saturated carbocycles. The summed E-state index contributed by atoms with van der Waals surface area (Å²) < 4.78 is 24.7. The van der Waals surface area contributed by atoms with Gasteiger partial charge in [-0.05, 0) is 36.2 Å². The fraction of sp³-hybridized carbons (Fsp3) is 0.174. The Hall–Kier alpha value is -2.57. The molecule has 0 radical (unpaired) electrons. The highest BCUT2D eigenvalue weighted by atomic mass is 32.2. The third-order valence-corrected chi connectivity index (χ3v) is 7.41. The standard InChI is InChI=1S/C23H23NO3S2/c25-23(24-17-10-18-29(26,27)21-15-8-3-9-16-21)22(19-11-4-1-5-12-19)28-20-13-6-2-7-14-20/h1-9,11-16,22H,10,17-18H2,(H,24,25). The molecule has 29 heavy (non-hydrogen) atoms. The van der Waals surface area contributed by atoms with Crippen molar-refractivity contribution in [3.8, 4) is 0 Å². The van der Waals surface area contributed by atoms with E-state index >= 15 is 0 Å². The SMILES string of the molecule is O=C(NCCCS(=O)(=O)c1ccccc1)C(Sc1ccccc1)c1ccccc1. The molecular weight excluding hydrogens is 402 g/mol. The molecule has 0 aromatic heterocycles. The van der Waals surface area contributed by atoms with Crippen LogP contribution < -0.4 is 5.32 Å². The van der Waals surface area contributed by atoms with Crippen molar-refractivity contribution in [2.45, 2.75) is 21.5 Å². The predicted molar refractivity (Wildman–Crippen MR) is 118 cm³/mol. The van der Waals surface area contributed by atoms with E-state index in [1.54, 1.807) is 30.3 Å². The van der Waals surface area contributed by atoms with Gasteiger partial charge in [0, 0.05) is 11.4 Å². The number of hydrogen-bond donors (Lipinski definition) is 1. The molecule has 0 aliphatic rings. The van der Waals surface area contributed by atoms with Gasteiger partial charge in [0.1, 0.15) is 5.25 Å². The van der Waals surface area contributed by atoms with Crippen LogP contribution in [0, 0.1) is 0 Å². The van der Waals surface area contributed by atoms with Gasteiger partial charge in [-0.1, -0.05) is 66.7 Å². The highest BCUT2D eigenvalue weighted by Crippen LogP contribution is 2.35. The summed E-state index contributed by atoms with van der Waals surface area (Å²) in [6.45, 7) is 0.309. The van der Waals surface area contributed by atoms with E-state index in [2.05, 4.69) is 5.32 Å². The van der Waals surface area contributed by atoms with Crippen LogP contribution in [0.25, 0.3) is 0 Å². The molecule has 0 bridgehead atoms. The summed E-state index contributed by atoms with van der Waals surface area (Å²) in [7, 11) is -3.34. The predicted octanol–water partition coefficient (Wildman–Crippen LogP) is 4.50. The summed E-state index contributed by atoms with van der Waals surface area (Å²) in [6, 6.07) is 27.8. The molecule has 0 aliphatic heterocycles. The highest BCUT2D eigenvalue weighted by molar-refractivity contribution is 8.00. The molecule has 1 unspecified atom stereocenters.